The van der Waals surface area contributed by atoms with Gasteiger partial charge in [-0.2, -0.15) is 11.8 Å². The second kappa shape index (κ2) is 20.0. The summed E-state index contributed by atoms with van der Waals surface area (Å²) in [6, 6.07) is 9.56. The highest BCUT2D eigenvalue weighted by Crippen LogP contribution is 2.19. The highest BCUT2D eigenvalue weighted by atomic mass is 32.2. The normalized spacial score (nSPS) is 14.0. The Morgan fingerprint density at radius 1 is 0.778 bits per heavy atom. The first kappa shape index (κ1) is 42.8. The summed E-state index contributed by atoms with van der Waals surface area (Å²) in [5, 5.41) is 23.0. The van der Waals surface area contributed by atoms with E-state index in [1.165, 1.54) is 18.7 Å². The molecule has 2 aromatic carbocycles. The lowest BCUT2D eigenvalue weighted by Gasteiger charge is -2.26. The van der Waals surface area contributed by atoms with Crippen LogP contribution in [0.4, 0.5) is 4.79 Å². The van der Waals surface area contributed by atoms with Crippen LogP contribution in [-0.4, -0.2) is 99.5 Å². The summed E-state index contributed by atoms with van der Waals surface area (Å²) in [4.78, 5) is 93.9. The lowest BCUT2D eigenvalue weighted by molar-refractivity contribution is -0.141. The number of carboxylic acid groups (broad SMARTS) is 1. The van der Waals surface area contributed by atoms with Gasteiger partial charge in [0, 0.05) is 29.9 Å². The summed E-state index contributed by atoms with van der Waals surface area (Å²) in [5.41, 5.74) is 6.88. The summed E-state index contributed by atoms with van der Waals surface area (Å²) in [7, 11) is 0. The van der Waals surface area contributed by atoms with Gasteiger partial charge in [-0.15, -0.1) is 0 Å². The number of nitrogens with one attached hydrogen (secondary N) is 6. The fraction of sp³-hybridized carbons (Fsp3) is 0.432. The van der Waals surface area contributed by atoms with Crippen LogP contribution in [0.25, 0.3) is 10.9 Å². The molecular weight excluding hydrogens is 719 g/mol. The fourth-order valence-corrected chi connectivity index (χ4v) is 5.83. The molecule has 1 heterocycles. The smallest absolute Gasteiger partial charge is 0.408 e. The Morgan fingerprint density at radius 3 is 1.98 bits per heavy atom. The van der Waals surface area contributed by atoms with E-state index in [1.54, 1.807) is 63.6 Å². The zero-order valence-electron chi connectivity index (χ0n) is 30.9. The SMILES string of the molecule is CSCC[C@H](NC(=O)[C@H](Cc1c[nH]c2ccccc12)NC(=O)[C@H](C)NC(=O)OC(C)(C)C)C(=O)N[C@@H](CC(=O)O)C(=O)N[C@@H](Cc1ccccc1)C(N)=O. The molecule has 0 aliphatic heterocycles. The third kappa shape index (κ3) is 13.8. The van der Waals surface area contributed by atoms with E-state index in [0.717, 1.165) is 10.9 Å². The molecule has 17 heteroatoms. The van der Waals surface area contributed by atoms with Gasteiger partial charge in [0.2, 0.25) is 29.5 Å². The zero-order valence-corrected chi connectivity index (χ0v) is 31.7. The van der Waals surface area contributed by atoms with Gasteiger partial charge in [-0.1, -0.05) is 48.5 Å². The maximum absolute atomic E-state index is 14.0. The number of hydrogen-bond donors (Lipinski definition) is 8. The van der Waals surface area contributed by atoms with Crippen molar-refractivity contribution in [3.63, 3.8) is 0 Å². The van der Waals surface area contributed by atoms with Crippen LogP contribution in [-0.2, 0) is 46.3 Å². The number of ether oxygens (including phenoxy) is 1. The molecule has 9 N–H and O–H groups in total. The number of carbonyl (C=O) groups excluding carboxylic acids is 6. The molecule has 5 atom stereocenters. The third-order valence-electron chi connectivity index (χ3n) is 8.06. The van der Waals surface area contributed by atoms with Crippen LogP contribution < -0.4 is 32.3 Å². The molecule has 0 bridgehead atoms. The van der Waals surface area contributed by atoms with Gasteiger partial charge in [-0.25, -0.2) is 4.79 Å². The minimum Gasteiger partial charge on any atom is -0.481 e. The monoisotopic (exact) mass is 767 g/mol. The van der Waals surface area contributed by atoms with E-state index >= 15 is 0 Å². The van der Waals surface area contributed by atoms with Crippen LogP contribution >= 0.6 is 11.8 Å². The summed E-state index contributed by atoms with van der Waals surface area (Å²) >= 11 is 1.38. The molecule has 0 radical (unpaired) electrons. The van der Waals surface area contributed by atoms with E-state index in [-0.39, 0.29) is 19.3 Å². The zero-order chi connectivity index (χ0) is 40.0. The van der Waals surface area contributed by atoms with Crippen molar-refractivity contribution in [1.29, 1.82) is 0 Å². The topological polar surface area (TPSA) is 251 Å². The van der Waals surface area contributed by atoms with Gasteiger partial charge in [0.25, 0.3) is 0 Å². The summed E-state index contributed by atoms with van der Waals surface area (Å²) < 4.78 is 5.24. The van der Waals surface area contributed by atoms with Crippen LogP contribution in [0, 0.1) is 0 Å². The number of aliphatic carboxylic acids is 1. The van der Waals surface area contributed by atoms with Crippen LogP contribution in [0.5, 0.6) is 0 Å². The highest BCUT2D eigenvalue weighted by Gasteiger charge is 2.33. The molecule has 0 saturated carbocycles. The molecule has 3 rings (SSSR count). The Labute approximate surface area is 317 Å². The number of amides is 6. The summed E-state index contributed by atoms with van der Waals surface area (Å²) in [6.45, 7) is 6.43. The highest BCUT2D eigenvalue weighted by molar-refractivity contribution is 7.98. The predicted molar refractivity (Wildman–Crippen MR) is 203 cm³/mol. The van der Waals surface area contributed by atoms with Crippen molar-refractivity contribution in [3.05, 3.63) is 71.9 Å². The number of H-pyrrole nitrogens is 1. The van der Waals surface area contributed by atoms with Crippen molar-refractivity contribution in [1.82, 2.24) is 31.6 Å². The van der Waals surface area contributed by atoms with Crippen molar-refractivity contribution in [2.45, 2.75) is 89.2 Å². The average Bonchev–Trinajstić information content (AvgIpc) is 3.50. The van der Waals surface area contributed by atoms with Crippen molar-refractivity contribution in [3.8, 4) is 0 Å². The van der Waals surface area contributed by atoms with E-state index in [9.17, 15) is 38.7 Å². The number of hydrogen-bond acceptors (Lipinski definition) is 9. The first-order valence-corrected chi connectivity index (χ1v) is 18.7. The maximum atomic E-state index is 14.0. The number of nitrogens with two attached hydrogens (primary N) is 1. The van der Waals surface area contributed by atoms with Gasteiger partial charge in [0.15, 0.2) is 0 Å². The number of alkyl carbamates (subject to hydrolysis) is 1. The van der Waals surface area contributed by atoms with Gasteiger partial charge in [-0.05, 0) is 63.3 Å². The van der Waals surface area contributed by atoms with Crippen molar-refractivity contribution in [2.24, 2.45) is 5.73 Å². The quantitative estimate of drug-likeness (QED) is 0.0873. The Hall–Kier alpha value is -5.58. The van der Waals surface area contributed by atoms with Gasteiger partial charge >= 0.3 is 12.1 Å². The summed E-state index contributed by atoms with van der Waals surface area (Å²) in [6.07, 6.45) is 1.90. The van der Waals surface area contributed by atoms with Gasteiger partial charge in [0.1, 0.15) is 35.8 Å². The molecule has 1 aromatic heterocycles. The fourth-order valence-electron chi connectivity index (χ4n) is 5.35. The number of benzene rings is 2. The second-order valence-electron chi connectivity index (χ2n) is 13.6. The van der Waals surface area contributed by atoms with E-state index in [0.29, 0.717) is 16.9 Å². The minimum atomic E-state index is -1.64. The van der Waals surface area contributed by atoms with Gasteiger partial charge < -0.3 is 47.1 Å². The molecule has 54 heavy (non-hydrogen) atoms. The Kier molecular flexibility index (Phi) is 15.9. The van der Waals surface area contributed by atoms with Crippen LogP contribution in [0.2, 0.25) is 0 Å². The first-order valence-electron chi connectivity index (χ1n) is 17.3. The third-order valence-corrected chi connectivity index (χ3v) is 8.70. The Balaban J connectivity index is 1.83. The molecule has 0 aliphatic carbocycles. The van der Waals surface area contributed by atoms with Crippen LogP contribution in [0.15, 0.2) is 60.8 Å². The largest absolute Gasteiger partial charge is 0.481 e. The Morgan fingerprint density at radius 2 is 1.35 bits per heavy atom. The maximum Gasteiger partial charge on any atom is 0.408 e. The number of primary amides is 1. The molecule has 16 nitrogen and oxygen atoms in total. The number of carbonyl (C=O) groups is 7. The van der Waals surface area contributed by atoms with Crippen LogP contribution in [0.1, 0.15) is 51.7 Å². The molecule has 3 aromatic rings. The minimum absolute atomic E-state index is 0.0163. The average molecular weight is 768 g/mol. The summed E-state index contributed by atoms with van der Waals surface area (Å²) in [5.74, 6) is -5.18. The number of carboxylic acids is 1. The first-order chi connectivity index (χ1) is 25.5. The lowest BCUT2D eigenvalue weighted by atomic mass is 10.0. The second-order valence-corrected chi connectivity index (χ2v) is 14.6. The number of thioether (sulfide) groups is 1. The number of fused-ring (bicyclic) bond motifs is 1. The lowest BCUT2D eigenvalue weighted by Crippen LogP contribution is -2.59. The number of rotatable bonds is 19. The molecular formula is C37H49N7O9S. The predicted octanol–water partition coefficient (Wildman–Crippen LogP) is 1.52. The van der Waals surface area contributed by atoms with Gasteiger partial charge in [0.05, 0.1) is 6.42 Å². The van der Waals surface area contributed by atoms with Crippen LogP contribution in [0.3, 0.4) is 0 Å². The van der Waals surface area contributed by atoms with E-state index in [1.807, 2.05) is 24.3 Å². The van der Waals surface area contributed by atoms with E-state index in [2.05, 4.69) is 31.6 Å². The Bertz CT molecular complexity index is 1790. The number of aromatic amines is 1. The molecule has 0 saturated heterocycles. The van der Waals surface area contributed by atoms with Crippen molar-refractivity contribution >= 4 is 64.3 Å². The molecule has 0 spiro atoms. The van der Waals surface area contributed by atoms with E-state index < -0.39 is 83.8 Å². The molecule has 292 valence electrons. The molecule has 0 fully saturated rings. The standard InChI is InChI=1S/C37H49N7O9S/c1-21(40-36(52)53-37(2,3)4)32(48)43-28(18-23-20-39-25-14-10-9-13-24(23)25)34(50)41-26(15-16-54-5)33(49)44-29(19-30(45)46)35(51)42-27(31(38)47)17-22-11-7-6-8-12-22/h6-14,20-21,26-29,39H,15-19H2,1-5H3,(H2,38,47)(H,40,52)(H,41,50)(H,42,51)(H,43,48)(H,44,49)(H,45,46)/t21-,26-,27-,28-,29-/m0/s1. The molecule has 0 aliphatic rings. The van der Waals surface area contributed by atoms with Crippen molar-refractivity contribution < 1.29 is 43.4 Å². The van der Waals surface area contributed by atoms with E-state index in [4.69, 9.17) is 10.5 Å². The van der Waals surface area contributed by atoms with Crippen molar-refractivity contribution in [2.75, 3.05) is 12.0 Å². The molecule has 6 amide bonds. The number of para-hydroxylation sites is 1. The number of aromatic nitrogens is 1. The van der Waals surface area contributed by atoms with Gasteiger partial charge in [-0.3, -0.25) is 28.8 Å². The molecule has 0 unspecified atom stereocenters.